The Morgan fingerprint density at radius 3 is 2.60 bits per heavy atom. The van der Waals surface area contributed by atoms with Gasteiger partial charge in [-0.2, -0.15) is 10.2 Å². The molecule has 0 fully saturated rings. The summed E-state index contributed by atoms with van der Waals surface area (Å²) in [6.45, 7) is 0. The zero-order valence-corrected chi connectivity index (χ0v) is 8.72. The van der Waals surface area contributed by atoms with Crippen molar-refractivity contribution in [1.29, 1.82) is 0 Å². The lowest BCUT2D eigenvalue weighted by molar-refractivity contribution is 1.03. The molecule has 1 heterocycles. The van der Waals surface area contributed by atoms with E-state index in [1.54, 1.807) is 12.4 Å². The van der Waals surface area contributed by atoms with E-state index in [2.05, 4.69) is 10.2 Å². The molecule has 0 unspecified atom stereocenters. The molecule has 2 rings (SSSR count). The molecule has 0 N–H and O–H groups in total. The third-order valence-corrected chi connectivity index (χ3v) is 2.31. The van der Waals surface area contributed by atoms with Crippen LogP contribution >= 0.6 is 11.6 Å². The Kier molecular flexibility index (Phi) is 3.10. The predicted molar refractivity (Wildman–Crippen MR) is 62.4 cm³/mol. The highest BCUT2D eigenvalue weighted by Gasteiger charge is 1.93. The summed E-state index contributed by atoms with van der Waals surface area (Å²) in [6, 6.07) is 9.59. The molecular weight excluding hydrogens is 208 g/mol. The SMILES string of the molecule is Clc1ccccc1C=Cc1ccnnc1. The lowest BCUT2D eigenvalue weighted by Crippen LogP contribution is -1.79. The highest BCUT2D eigenvalue weighted by atomic mass is 35.5. The summed E-state index contributed by atoms with van der Waals surface area (Å²) < 4.78 is 0. The molecule has 0 spiro atoms. The van der Waals surface area contributed by atoms with Crippen LogP contribution < -0.4 is 0 Å². The number of hydrogen-bond acceptors (Lipinski definition) is 2. The summed E-state index contributed by atoms with van der Waals surface area (Å²) in [5.74, 6) is 0. The molecule has 0 saturated heterocycles. The molecule has 0 aliphatic carbocycles. The molecule has 2 aromatic rings. The van der Waals surface area contributed by atoms with E-state index in [0.29, 0.717) is 0 Å². The second-order valence-corrected chi connectivity index (χ2v) is 3.44. The van der Waals surface area contributed by atoms with Gasteiger partial charge in [-0.3, -0.25) is 0 Å². The van der Waals surface area contributed by atoms with E-state index in [4.69, 9.17) is 11.6 Å². The van der Waals surface area contributed by atoms with Crippen molar-refractivity contribution in [2.45, 2.75) is 0 Å². The molecule has 74 valence electrons. The van der Waals surface area contributed by atoms with Crippen LogP contribution in [0.4, 0.5) is 0 Å². The average molecular weight is 217 g/mol. The summed E-state index contributed by atoms with van der Waals surface area (Å²) in [5.41, 5.74) is 2.00. The fourth-order valence-electron chi connectivity index (χ4n) is 1.20. The van der Waals surface area contributed by atoms with Crippen LogP contribution in [-0.2, 0) is 0 Å². The Bertz CT molecular complexity index is 466. The van der Waals surface area contributed by atoms with Gasteiger partial charge in [0.15, 0.2) is 0 Å². The second kappa shape index (κ2) is 4.71. The summed E-state index contributed by atoms with van der Waals surface area (Å²) >= 11 is 6.01. The zero-order valence-electron chi connectivity index (χ0n) is 7.97. The van der Waals surface area contributed by atoms with Gasteiger partial charge in [-0.15, -0.1) is 0 Å². The van der Waals surface area contributed by atoms with E-state index in [1.165, 1.54) is 0 Å². The van der Waals surface area contributed by atoms with Crippen molar-refractivity contribution in [3.8, 4) is 0 Å². The van der Waals surface area contributed by atoms with Crippen molar-refractivity contribution in [2.75, 3.05) is 0 Å². The van der Waals surface area contributed by atoms with E-state index in [0.717, 1.165) is 16.1 Å². The summed E-state index contributed by atoms with van der Waals surface area (Å²) in [5, 5.41) is 8.24. The molecule has 0 bridgehead atoms. The standard InChI is InChI=1S/C12H9ClN2/c13-12-4-2-1-3-11(12)6-5-10-7-8-14-15-9-10/h1-9H. The molecule has 2 nitrogen and oxygen atoms in total. The zero-order chi connectivity index (χ0) is 10.5. The fraction of sp³-hybridized carbons (Fsp3) is 0. The number of hydrogen-bond donors (Lipinski definition) is 0. The van der Waals surface area contributed by atoms with Crippen molar-refractivity contribution in [3.05, 3.63) is 58.9 Å². The Labute approximate surface area is 93.2 Å². The van der Waals surface area contributed by atoms with Crippen LogP contribution in [0.15, 0.2) is 42.7 Å². The van der Waals surface area contributed by atoms with Crippen LogP contribution in [-0.4, -0.2) is 10.2 Å². The van der Waals surface area contributed by atoms with Gasteiger partial charge in [0.05, 0.1) is 12.4 Å². The van der Waals surface area contributed by atoms with E-state index in [-0.39, 0.29) is 0 Å². The van der Waals surface area contributed by atoms with E-state index < -0.39 is 0 Å². The van der Waals surface area contributed by atoms with Gasteiger partial charge in [0.25, 0.3) is 0 Å². The van der Waals surface area contributed by atoms with Gasteiger partial charge in [-0.05, 0) is 23.3 Å². The van der Waals surface area contributed by atoms with Crippen LogP contribution in [0.5, 0.6) is 0 Å². The number of aromatic nitrogens is 2. The van der Waals surface area contributed by atoms with Gasteiger partial charge in [-0.25, -0.2) is 0 Å². The lowest BCUT2D eigenvalue weighted by Gasteiger charge is -1.96. The summed E-state index contributed by atoms with van der Waals surface area (Å²) in [6.07, 6.45) is 7.27. The predicted octanol–water partition coefficient (Wildman–Crippen LogP) is 3.30. The number of nitrogens with zero attached hydrogens (tertiary/aromatic N) is 2. The van der Waals surface area contributed by atoms with Gasteiger partial charge in [0.1, 0.15) is 0 Å². The molecule has 0 atom stereocenters. The number of rotatable bonds is 2. The topological polar surface area (TPSA) is 25.8 Å². The Hall–Kier alpha value is -1.67. The minimum atomic E-state index is 0.746. The second-order valence-electron chi connectivity index (χ2n) is 3.03. The highest BCUT2D eigenvalue weighted by molar-refractivity contribution is 6.32. The largest absolute Gasteiger partial charge is 0.159 e. The first-order valence-corrected chi connectivity index (χ1v) is 4.93. The van der Waals surface area contributed by atoms with Crippen molar-refractivity contribution in [3.63, 3.8) is 0 Å². The van der Waals surface area contributed by atoms with E-state index in [9.17, 15) is 0 Å². The lowest BCUT2D eigenvalue weighted by atomic mass is 10.2. The molecule has 0 saturated carbocycles. The Morgan fingerprint density at radius 2 is 1.87 bits per heavy atom. The van der Waals surface area contributed by atoms with Gasteiger partial charge in [0, 0.05) is 5.02 Å². The number of halogens is 1. The van der Waals surface area contributed by atoms with Gasteiger partial charge < -0.3 is 0 Å². The van der Waals surface area contributed by atoms with Crippen molar-refractivity contribution < 1.29 is 0 Å². The minimum absolute atomic E-state index is 0.746. The first kappa shape index (κ1) is 9.87. The molecule has 15 heavy (non-hydrogen) atoms. The van der Waals surface area contributed by atoms with Gasteiger partial charge >= 0.3 is 0 Å². The normalized spacial score (nSPS) is 10.7. The van der Waals surface area contributed by atoms with Crippen molar-refractivity contribution >= 4 is 23.8 Å². The highest BCUT2D eigenvalue weighted by Crippen LogP contribution is 2.17. The molecule has 1 aromatic heterocycles. The maximum Gasteiger partial charge on any atom is 0.0568 e. The minimum Gasteiger partial charge on any atom is -0.159 e. The quantitative estimate of drug-likeness (QED) is 0.770. The molecule has 0 amide bonds. The average Bonchev–Trinajstić information content (AvgIpc) is 2.29. The van der Waals surface area contributed by atoms with Crippen LogP contribution in [0.3, 0.4) is 0 Å². The molecule has 0 aliphatic heterocycles. The third kappa shape index (κ3) is 2.64. The molecule has 0 aliphatic rings. The Balaban J connectivity index is 2.23. The van der Waals surface area contributed by atoms with E-state index >= 15 is 0 Å². The molecular formula is C12H9ClN2. The maximum atomic E-state index is 6.01. The fourth-order valence-corrected chi connectivity index (χ4v) is 1.39. The molecule has 0 radical (unpaired) electrons. The molecule has 3 heteroatoms. The smallest absolute Gasteiger partial charge is 0.0568 e. The van der Waals surface area contributed by atoms with Crippen LogP contribution in [0.25, 0.3) is 12.2 Å². The van der Waals surface area contributed by atoms with Crippen LogP contribution in [0.2, 0.25) is 5.02 Å². The Morgan fingerprint density at radius 1 is 1.00 bits per heavy atom. The summed E-state index contributed by atoms with van der Waals surface area (Å²) in [4.78, 5) is 0. The van der Waals surface area contributed by atoms with Crippen molar-refractivity contribution in [1.82, 2.24) is 10.2 Å². The van der Waals surface area contributed by atoms with Gasteiger partial charge in [-0.1, -0.05) is 42.0 Å². The first-order valence-electron chi connectivity index (χ1n) is 4.55. The first-order chi connectivity index (χ1) is 7.36. The number of benzene rings is 1. The van der Waals surface area contributed by atoms with Crippen molar-refractivity contribution in [2.24, 2.45) is 0 Å². The van der Waals surface area contributed by atoms with Gasteiger partial charge in [0.2, 0.25) is 0 Å². The molecule has 1 aromatic carbocycles. The monoisotopic (exact) mass is 216 g/mol. The summed E-state index contributed by atoms with van der Waals surface area (Å²) in [7, 11) is 0. The van der Waals surface area contributed by atoms with Crippen LogP contribution in [0, 0.1) is 0 Å². The third-order valence-electron chi connectivity index (χ3n) is 1.97. The van der Waals surface area contributed by atoms with E-state index in [1.807, 2.05) is 42.5 Å². The maximum absolute atomic E-state index is 6.01. The van der Waals surface area contributed by atoms with Crippen LogP contribution in [0.1, 0.15) is 11.1 Å².